The van der Waals surface area contributed by atoms with Crippen LogP contribution in [-0.2, 0) is 4.74 Å². The van der Waals surface area contributed by atoms with Crippen LogP contribution in [0.1, 0.15) is 32.6 Å². The maximum Gasteiger partial charge on any atom is 0.404 e. The van der Waals surface area contributed by atoms with Gasteiger partial charge in [-0.05, 0) is 19.3 Å². The third kappa shape index (κ3) is 6.40. The van der Waals surface area contributed by atoms with Gasteiger partial charge in [0.2, 0.25) is 0 Å². The Morgan fingerprint density at radius 1 is 1.62 bits per heavy atom. The summed E-state index contributed by atoms with van der Waals surface area (Å²) in [6, 6.07) is 0.275. The van der Waals surface area contributed by atoms with Gasteiger partial charge in [-0.25, -0.2) is 4.79 Å². The highest BCUT2D eigenvalue weighted by Gasteiger charge is 2.22. The van der Waals surface area contributed by atoms with Crippen molar-refractivity contribution in [3.8, 4) is 0 Å². The van der Waals surface area contributed by atoms with E-state index in [1.165, 1.54) is 12.8 Å². The van der Waals surface area contributed by atoms with E-state index >= 15 is 0 Å². The molecule has 0 spiro atoms. The van der Waals surface area contributed by atoms with Crippen LogP contribution in [0.3, 0.4) is 0 Å². The lowest BCUT2D eigenvalue weighted by atomic mass is 10.3. The lowest BCUT2D eigenvalue weighted by Gasteiger charge is -1.90. The lowest BCUT2D eigenvalue weighted by molar-refractivity contribution is 0.194. The van der Waals surface area contributed by atoms with Crippen LogP contribution in [-0.4, -0.2) is 30.0 Å². The number of amides is 1. The quantitative estimate of drug-likeness (QED) is 0.660. The molecular formula is C9H17NO3. The predicted molar refractivity (Wildman–Crippen MR) is 48.8 cm³/mol. The van der Waals surface area contributed by atoms with Gasteiger partial charge in [0.15, 0.2) is 0 Å². The highest BCUT2D eigenvalue weighted by molar-refractivity contribution is 5.65. The molecule has 0 radical (unpaired) electrons. The van der Waals surface area contributed by atoms with E-state index in [0.29, 0.717) is 6.10 Å². The summed E-state index contributed by atoms with van der Waals surface area (Å²) in [6.45, 7) is 3.20. The van der Waals surface area contributed by atoms with E-state index in [1.54, 1.807) is 0 Å². The topological polar surface area (TPSA) is 61.9 Å². The van der Waals surface area contributed by atoms with Gasteiger partial charge >= 0.3 is 6.09 Å². The van der Waals surface area contributed by atoms with Crippen LogP contribution < -0.4 is 5.32 Å². The highest BCUT2D eigenvalue weighted by atomic mass is 16.6. The molecule has 1 saturated heterocycles. The predicted octanol–water partition coefficient (Wildman–Crippen LogP) is 1.60. The van der Waals surface area contributed by atoms with Gasteiger partial charge in [0.25, 0.3) is 0 Å². The summed E-state index contributed by atoms with van der Waals surface area (Å²) in [5.74, 6) is 0. The minimum atomic E-state index is -0.900. The number of rotatable bonds is 3. The molecule has 1 unspecified atom stereocenters. The minimum absolute atomic E-state index is 0.275. The molecule has 76 valence electrons. The molecule has 1 aliphatic carbocycles. The molecule has 2 N–H and O–H groups in total. The summed E-state index contributed by atoms with van der Waals surface area (Å²) in [5, 5.41) is 10.3. The zero-order valence-electron chi connectivity index (χ0n) is 7.95. The van der Waals surface area contributed by atoms with Gasteiger partial charge in [0.1, 0.15) is 0 Å². The highest BCUT2D eigenvalue weighted by Crippen LogP contribution is 2.17. The number of carboxylic acid groups (broad SMARTS) is 1. The average Bonchev–Trinajstić information content (AvgIpc) is 2.82. The summed E-state index contributed by atoms with van der Waals surface area (Å²) in [7, 11) is 0. The average molecular weight is 187 g/mol. The number of nitrogens with one attached hydrogen (secondary N) is 1. The molecule has 4 heteroatoms. The van der Waals surface area contributed by atoms with E-state index in [9.17, 15) is 4.79 Å². The van der Waals surface area contributed by atoms with E-state index < -0.39 is 6.09 Å². The van der Waals surface area contributed by atoms with E-state index in [0.717, 1.165) is 19.4 Å². The fourth-order valence-electron chi connectivity index (χ4n) is 0.959. The van der Waals surface area contributed by atoms with Crippen LogP contribution in [0.2, 0.25) is 0 Å². The van der Waals surface area contributed by atoms with Crippen molar-refractivity contribution in [1.29, 1.82) is 0 Å². The molecule has 4 nitrogen and oxygen atoms in total. The summed E-state index contributed by atoms with van der Waals surface area (Å²) in [5.41, 5.74) is 0. The first-order valence-electron chi connectivity index (χ1n) is 4.83. The summed E-state index contributed by atoms with van der Waals surface area (Å²) >= 11 is 0. The first kappa shape index (κ1) is 10.3. The second-order valence-electron chi connectivity index (χ2n) is 3.47. The molecule has 2 fully saturated rings. The van der Waals surface area contributed by atoms with Crippen molar-refractivity contribution in [3.05, 3.63) is 0 Å². The molecule has 0 bridgehead atoms. The molecule has 1 amide bonds. The molecule has 1 saturated carbocycles. The number of hydrogen-bond donors (Lipinski definition) is 2. The first-order valence-corrected chi connectivity index (χ1v) is 4.83. The van der Waals surface area contributed by atoms with E-state index in [4.69, 9.17) is 9.84 Å². The van der Waals surface area contributed by atoms with E-state index in [1.807, 2.05) is 0 Å². The zero-order valence-corrected chi connectivity index (χ0v) is 7.95. The maximum absolute atomic E-state index is 9.74. The van der Waals surface area contributed by atoms with Crippen LogP contribution in [0, 0.1) is 0 Å². The molecule has 2 aliphatic rings. The molecule has 1 atom stereocenters. The third-order valence-electron chi connectivity index (χ3n) is 1.92. The van der Waals surface area contributed by atoms with Gasteiger partial charge in [-0.15, -0.1) is 0 Å². The van der Waals surface area contributed by atoms with Gasteiger partial charge < -0.3 is 15.2 Å². The standard InChI is InChI=1S/C5H10O.C4H7NO2/c1-2-3-5-4-6-5;6-4(7)5-3-1-2-3/h5H,2-4H2,1H3;3,5H,1-2H2,(H,6,7). The number of epoxide rings is 1. The largest absolute Gasteiger partial charge is 0.465 e. The summed E-state index contributed by atoms with van der Waals surface area (Å²) in [4.78, 5) is 9.74. The van der Waals surface area contributed by atoms with E-state index in [-0.39, 0.29) is 6.04 Å². The molecular weight excluding hydrogens is 170 g/mol. The fourth-order valence-corrected chi connectivity index (χ4v) is 0.959. The molecule has 0 aromatic carbocycles. The van der Waals surface area contributed by atoms with Gasteiger partial charge in [-0.2, -0.15) is 0 Å². The smallest absolute Gasteiger partial charge is 0.404 e. The van der Waals surface area contributed by atoms with Crippen LogP contribution in [0.25, 0.3) is 0 Å². The zero-order chi connectivity index (χ0) is 9.68. The van der Waals surface area contributed by atoms with Crippen LogP contribution >= 0.6 is 0 Å². The Balaban J connectivity index is 0.000000132. The summed E-state index contributed by atoms with van der Waals surface area (Å²) < 4.78 is 4.95. The Bertz CT molecular complexity index is 164. The van der Waals surface area contributed by atoms with Crippen LogP contribution in [0.4, 0.5) is 4.79 Å². The Kier molecular flexibility index (Phi) is 4.02. The van der Waals surface area contributed by atoms with Gasteiger partial charge in [0, 0.05) is 6.04 Å². The van der Waals surface area contributed by atoms with Crippen molar-refractivity contribution in [1.82, 2.24) is 5.32 Å². The number of ether oxygens (including phenoxy) is 1. The molecule has 1 heterocycles. The SMILES string of the molecule is CCCC1CO1.O=C(O)NC1CC1. The van der Waals surface area contributed by atoms with Crippen LogP contribution in [0.15, 0.2) is 0 Å². The van der Waals surface area contributed by atoms with Crippen molar-refractivity contribution in [2.45, 2.75) is 44.8 Å². The first-order chi connectivity index (χ1) is 6.22. The second-order valence-corrected chi connectivity index (χ2v) is 3.47. The minimum Gasteiger partial charge on any atom is -0.465 e. The van der Waals surface area contributed by atoms with Gasteiger partial charge in [-0.1, -0.05) is 13.3 Å². The number of hydrogen-bond acceptors (Lipinski definition) is 2. The normalized spacial score (nSPS) is 24.2. The molecule has 2 rings (SSSR count). The summed E-state index contributed by atoms with van der Waals surface area (Å²) in [6.07, 6.45) is 4.32. The molecule has 13 heavy (non-hydrogen) atoms. The van der Waals surface area contributed by atoms with Crippen LogP contribution in [0.5, 0.6) is 0 Å². The maximum atomic E-state index is 9.74. The van der Waals surface area contributed by atoms with E-state index in [2.05, 4.69) is 12.2 Å². The molecule has 0 aromatic rings. The Labute approximate surface area is 78.3 Å². The second kappa shape index (κ2) is 5.07. The van der Waals surface area contributed by atoms with Gasteiger partial charge in [0.05, 0.1) is 12.7 Å². The van der Waals surface area contributed by atoms with Crippen molar-refractivity contribution >= 4 is 6.09 Å². The fraction of sp³-hybridized carbons (Fsp3) is 0.889. The lowest BCUT2D eigenvalue weighted by Crippen LogP contribution is -2.22. The van der Waals surface area contributed by atoms with Crippen molar-refractivity contribution < 1.29 is 14.6 Å². The van der Waals surface area contributed by atoms with Gasteiger partial charge in [-0.3, -0.25) is 0 Å². The Morgan fingerprint density at radius 2 is 2.23 bits per heavy atom. The number of carbonyl (C=O) groups is 1. The molecule has 1 aliphatic heterocycles. The Hall–Kier alpha value is -0.770. The molecule has 0 aromatic heterocycles. The van der Waals surface area contributed by atoms with Crippen molar-refractivity contribution in [2.24, 2.45) is 0 Å². The van der Waals surface area contributed by atoms with Crippen molar-refractivity contribution in [2.75, 3.05) is 6.61 Å². The monoisotopic (exact) mass is 187 g/mol. The third-order valence-corrected chi connectivity index (χ3v) is 1.92. The van der Waals surface area contributed by atoms with Crippen molar-refractivity contribution in [3.63, 3.8) is 0 Å². The Morgan fingerprint density at radius 3 is 2.38 bits per heavy atom.